The lowest BCUT2D eigenvalue weighted by Gasteiger charge is -2.09. The van der Waals surface area contributed by atoms with Crippen LogP contribution in [0.5, 0.6) is 5.75 Å². The molecule has 3 aromatic rings. The van der Waals surface area contributed by atoms with E-state index >= 15 is 0 Å². The molecule has 0 fully saturated rings. The largest absolute Gasteiger partial charge is 0.488 e. The lowest BCUT2D eigenvalue weighted by Crippen LogP contribution is -2.19. The molecule has 0 aliphatic heterocycles. The van der Waals surface area contributed by atoms with E-state index in [1.54, 1.807) is 24.4 Å². The van der Waals surface area contributed by atoms with Crippen LogP contribution >= 0.6 is 15.9 Å². The predicted molar refractivity (Wildman–Crippen MR) is 122 cm³/mol. The van der Waals surface area contributed by atoms with Crippen molar-refractivity contribution in [1.82, 2.24) is 5.43 Å². The highest BCUT2D eigenvalue weighted by molar-refractivity contribution is 9.10. The van der Waals surface area contributed by atoms with Crippen molar-refractivity contribution in [3.63, 3.8) is 0 Å². The van der Waals surface area contributed by atoms with E-state index in [-0.39, 0.29) is 24.6 Å². The maximum Gasteiger partial charge on any atom is 0.269 e. The number of carbonyl (C=O) groups is 1. The molecule has 0 saturated carbocycles. The Morgan fingerprint density at radius 1 is 1.10 bits per heavy atom. The second-order valence-electron chi connectivity index (χ2n) is 6.86. The van der Waals surface area contributed by atoms with Gasteiger partial charge < -0.3 is 4.74 Å². The first-order valence-electron chi connectivity index (χ1n) is 9.44. The van der Waals surface area contributed by atoms with Crippen LogP contribution in [0, 0.1) is 17.0 Å². The molecule has 8 heteroatoms. The van der Waals surface area contributed by atoms with Gasteiger partial charge in [-0.1, -0.05) is 29.8 Å². The average Bonchev–Trinajstić information content (AvgIpc) is 2.75. The molecule has 0 heterocycles. The van der Waals surface area contributed by atoms with Gasteiger partial charge in [0.15, 0.2) is 0 Å². The zero-order chi connectivity index (χ0) is 22.2. The Balaban J connectivity index is 1.51. The molecule has 0 saturated heterocycles. The van der Waals surface area contributed by atoms with E-state index in [1.807, 2.05) is 43.3 Å². The van der Waals surface area contributed by atoms with Crippen LogP contribution in [0.1, 0.15) is 22.3 Å². The first-order valence-corrected chi connectivity index (χ1v) is 10.2. The fourth-order valence-electron chi connectivity index (χ4n) is 2.70. The Labute approximate surface area is 188 Å². The van der Waals surface area contributed by atoms with Crippen molar-refractivity contribution in [2.45, 2.75) is 20.0 Å². The SMILES string of the molecule is Cc1ccc(CC(=O)N/N=C/c2ccc(OCc3ccc([N+](=O)[O-])cc3)c(Br)c2)cc1. The third-order valence-electron chi connectivity index (χ3n) is 4.39. The molecule has 0 unspecified atom stereocenters. The second kappa shape index (κ2) is 10.5. The monoisotopic (exact) mass is 481 g/mol. The number of ether oxygens (including phenoxy) is 1. The Hall–Kier alpha value is -3.52. The highest BCUT2D eigenvalue weighted by atomic mass is 79.9. The van der Waals surface area contributed by atoms with Crippen LogP contribution < -0.4 is 10.2 Å². The van der Waals surface area contributed by atoms with E-state index in [2.05, 4.69) is 26.5 Å². The van der Waals surface area contributed by atoms with Gasteiger partial charge in [0.2, 0.25) is 5.91 Å². The molecule has 0 aromatic heterocycles. The van der Waals surface area contributed by atoms with E-state index in [9.17, 15) is 14.9 Å². The van der Waals surface area contributed by atoms with Crippen LogP contribution in [-0.4, -0.2) is 17.0 Å². The van der Waals surface area contributed by atoms with Crippen LogP contribution in [-0.2, 0) is 17.8 Å². The molecule has 0 aliphatic carbocycles. The number of nitro benzene ring substituents is 1. The Morgan fingerprint density at radius 2 is 1.77 bits per heavy atom. The van der Waals surface area contributed by atoms with Gasteiger partial charge in [0, 0.05) is 12.1 Å². The molecule has 0 radical (unpaired) electrons. The minimum absolute atomic E-state index is 0.0412. The van der Waals surface area contributed by atoms with Crippen molar-refractivity contribution in [1.29, 1.82) is 0 Å². The maximum absolute atomic E-state index is 12.0. The Bertz CT molecular complexity index is 1100. The molecule has 0 spiro atoms. The minimum atomic E-state index is -0.438. The van der Waals surface area contributed by atoms with Crippen molar-refractivity contribution in [2.24, 2.45) is 5.10 Å². The number of hydrazone groups is 1. The second-order valence-corrected chi connectivity index (χ2v) is 7.71. The normalized spacial score (nSPS) is 10.8. The summed E-state index contributed by atoms with van der Waals surface area (Å²) < 4.78 is 6.49. The van der Waals surface area contributed by atoms with Gasteiger partial charge in [-0.2, -0.15) is 5.10 Å². The molecule has 1 amide bonds. The first kappa shape index (κ1) is 22.2. The van der Waals surface area contributed by atoms with Crippen LogP contribution in [0.15, 0.2) is 76.3 Å². The van der Waals surface area contributed by atoms with Crippen molar-refractivity contribution in [3.8, 4) is 5.75 Å². The molecular weight excluding hydrogens is 462 g/mol. The standard InChI is InChI=1S/C23H20BrN3O4/c1-16-2-4-17(5-3-16)13-23(28)26-25-14-19-8-11-22(21(24)12-19)31-15-18-6-9-20(10-7-18)27(29)30/h2-12,14H,13,15H2,1H3,(H,26,28)/b25-14+. The van der Waals surface area contributed by atoms with Crippen LogP contribution in [0.3, 0.4) is 0 Å². The zero-order valence-electron chi connectivity index (χ0n) is 16.7. The summed E-state index contributed by atoms with van der Waals surface area (Å²) >= 11 is 3.46. The number of amides is 1. The Morgan fingerprint density at radius 3 is 2.42 bits per heavy atom. The number of hydrogen-bond donors (Lipinski definition) is 1. The molecule has 3 rings (SSSR count). The zero-order valence-corrected chi connectivity index (χ0v) is 18.3. The number of rotatable bonds is 8. The fourth-order valence-corrected chi connectivity index (χ4v) is 3.21. The van der Waals surface area contributed by atoms with Crippen LogP contribution in [0.2, 0.25) is 0 Å². The summed E-state index contributed by atoms with van der Waals surface area (Å²) in [6, 6.07) is 19.4. The molecule has 7 nitrogen and oxygen atoms in total. The number of non-ortho nitro benzene ring substituents is 1. The van der Waals surface area contributed by atoms with E-state index < -0.39 is 4.92 Å². The smallest absolute Gasteiger partial charge is 0.269 e. The molecule has 3 aromatic carbocycles. The van der Waals surface area contributed by atoms with Gasteiger partial charge in [-0.25, -0.2) is 5.43 Å². The lowest BCUT2D eigenvalue weighted by atomic mass is 10.1. The minimum Gasteiger partial charge on any atom is -0.488 e. The summed E-state index contributed by atoms with van der Waals surface area (Å²) in [4.78, 5) is 22.3. The molecular formula is C23H20BrN3O4. The fraction of sp³-hybridized carbons (Fsp3) is 0.130. The number of carbonyl (C=O) groups excluding carboxylic acids is 1. The van der Waals surface area contributed by atoms with Gasteiger partial charge in [0.05, 0.1) is 22.0 Å². The van der Waals surface area contributed by atoms with E-state index in [1.165, 1.54) is 12.1 Å². The number of nitro groups is 1. The van der Waals surface area contributed by atoms with Gasteiger partial charge >= 0.3 is 0 Å². The van der Waals surface area contributed by atoms with E-state index in [0.717, 1.165) is 26.7 Å². The number of benzene rings is 3. The number of nitrogens with one attached hydrogen (secondary N) is 1. The predicted octanol–water partition coefficient (Wildman–Crippen LogP) is 4.94. The number of halogens is 1. The topological polar surface area (TPSA) is 93.8 Å². The van der Waals surface area contributed by atoms with E-state index in [4.69, 9.17) is 4.74 Å². The quantitative estimate of drug-likeness (QED) is 0.280. The van der Waals surface area contributed by atoms with Gasteiger partial charge in [-0.05, 0) is 69.9 Å². The first-order chi connectivity index (χ1) is 14.9. The van der Waals surface area contributed by atoms with Crippen LogP contribution in [0.4, 0.5) is 5.69 Å². The Kier molecular flexibility index (Phi) is 7.50. The van der Waals surface area contributed by atoms with Crippen molar-refractivity contribution in [3.05, 3.63) is 104 Å². The highest BCUT2D eigenvalue weighted by Gasteiger charge is 2.06. The van der Waals surface area contributed by atoms with Gasteiger partial charge in [0.25, 0.3) is 5.69 Å². The molecule has 1 N–H and O–H groups in total. The number of aryl methyl sites for hydroxylation is 1. The molecule has 0 bridgehead atoms. The van der Waals surface area contributed by atoms with Crippen molar-refractivity contribution < 1.29 is 14.5 Å². The van der Waals surface area contributed by atoms with Crippen LogP contribution in [0.25, 0.3) is 0 Å². The summed E-state index contributed by atoms with van der Waals surface area (Å²) in [5.74, 6) is 0.432. The molecule has 158 valence electrons. The summed E-state index contributed by atoms with van der Waals surface area (Å²) in [6.45, 7) is 2.28. The van der Waals surface area contributed by atoms with Gasteiger partial charge in [0.1, 0.15) is 12.4 Å². The summed E-state index contributed by atoms with van der Waals surface area (Å²) in [6.07, 6.45) is 1.81. The highest BCUT2D eigenvalue weighted by Crippen LogP contribution is 2.26. The van der Waals surface area contributed by atoms with Crippen molar-refractivity contribution >= 4 is 33.7 Å². The van der Waals surface area contributed by atoms with Gasteiger partial charge in [-0.15, -0.1) is 0 Å². The third-order valence-corrected chi connectivity index (χ3v) is 5.01. The average molecular weight is 482 g/mol. The number of nitrogens with zero attached hydrogens (tertiary/aromatic N) is 2. The van der Waals surface area contributed by atoms with Gasteiger partial charge in [-0.3, -0.25) is 14.9 Å². The third kappa shape index (κ3) is 6.75. The summed E-state index contributed by atoms with van der Waals surface area (Å²) in [5.41, 5.74) is 6.24. The van der Waals surface area contributed by atoms with Crippen molar-refractivity contribution in [2.75, 3.05) is 0 Å². The summed E-state index contributed by atoms with van der Waals surface area (Å²) in [5, 5.41) is 14.7. The number of hydrogen-bond acceptors (Lipinski definition) is 5. The lowest BCUT2D eigenvalue weighted by molar-refractivity contribution is -0.384. The molecule has 0 atom stereocenters. The van der Waals surface area contributed by atoms with E-state index in [0.29, 0.717) is 5.75 Å². The molecule has 0 aliphatic rings. The maximum atomic E-state index is 12.0. The summed E-state index contributed by atoms with van der Waals surface area (Å²) in [7, 11) is 0. The molecule has 31 heavy (non-hydrogen) atoms.